The summed E-state index contributed by atoms with van der Waals surface area (Å²) in [6.07, 6.45) is 5.00. The number of nitrogens with one attached hydrogen (secondary N) is 1. The van der Waals surface area contributed by atoms with Crippen molar-refractivity contribution in [2.75, 3.05) is 32.7 Å². The highest BCUT2D eigenvalue weighted by atomic mass is 16.2. The molecular formula is C14H27N3O. The number of hydrogen-bond acceptors (Lipinski definition) is 3. The Morgan fingerprint density at radius 1 is 1.33 bits per heavy atom. The fourth-order valence-electron chi connectivity index (χ4n) is 3.17. The molecule has 0 aliphatic carbocycles. The van der Waals surface area contributed by atoms with Gasteiger partial charge in [-0.2, -0.15) is 0 Å². The Balaban J connectivity index is 1.86. The van der Waals surface area contributed by atoms with E-state index in [1.165, 1.54) is 25.8 Å². The molecule has 2 saturated heterocycles. The monoisotopic (exact) mass is 253 g/mol. The van der Waals surface area contributed by atoms with Crippen LogP contribution in [0.4, 0.5) is 0 Å². The molecule has 2 aliphatic heterocycles. The van der Waals surface area contributed by atoms with Crippen molar-refractivity contribution in [1.29, 1.82) is 0 Å². The second-order valence-electron chi connectivity index (χ2n) is 5.72. The molecule has 4 nitrogen and oxygen atoms in total. The Labute approximate surface area is 111 Å². The van der Waals surface area contributed by atoms with Crippen molar-refractivity contribution >= 4 is 5.91 Å². The number of amides is 1. The maximum absolute atomic E-state index is 12.2. The van der Waals surface area contributed by atoms with Crippen LogP contribution in [-0.4, -0.2) is 60.5 Å². The third kappa shape index (κ3) is 3.23. The number of nitrogens with zero attached hydrogens (tertiary/aromatic N) is 2. The molecule has 0 radical (unpaired) electrons. The molecule has 0 aromatic carbocycles. The molecule has 1 amide bonds. The van der Waals surface area contributed by atoms with Crippen molar-refractivity contribution in [3.05, 3.63) is 0 Å². The average Bonchev–Trinajstić information content (AvgIpc) is 2.38. The normalized spacial score (nSPS) is 29.1. The molecule has 2 aliphatic rings. The third-order valence-corrected chi connectivity index (χ3v) is 4.21. The zero-order valence-corrected chi connectivity index (χ0v) is 11.8. The molecule has 0 saturated carbocycles. The Hall–Kier alpha value is -0.610. The summed E-state index contributed by atoms with van der Waals surface area (Å²) >= 11 is 0. The van der Waals surface area contributed by atoms with Gasteiger partial charge in [0.1, 0.15) is 0 Å². The first-order valence-corrected chi connectivity index (χ1v) is 7.46. The molecule has 2 atom stereocenters. The molecular weight excluding hydrogens is 226 g/mol. The lowest BCUT2D eigenvalue weighted by atomic mass is 9.97. The van der Waals surface area contributed by atoms with E-state index in [4.69, 9.17) is 0 Å². The van der Waals surface area contributed by atoms with E-state index in [1.54, 1.807) is 0 Å². The quantitative estimate of drug-likeness (QED) is 0.761. The van der Waals surface area contributed by atoms with Gasteiger partial charge in [0.25, 0.3) is 0 Å². The highest BCUT2D eigenvalue weighted by molar-refractivity contribution is 5.78. The van der Waals surface area contributed by atoms with Crippen molar-refractivity contribution in [2.45, 2.75) is 51.6 Å². The van der Waals surface area contributed by atoms with Gasteiger partial charge in [-0.05, 0) is 39.3 Å². The van der Waals surface area contributed by atoms with Crippen LogP contribution >= 0.6 is 0 Å². The number of fused-ring (bicyclic) bond motifs is 1. The van der Waals surface area contributed by atoms with Crippen LogP contribution in [0.1, 0.15) is 39.5 Å². The fraction of sp³-hybridized carbons (Fsp3) is 0.929. The zero-order chi connectivity index (χ0) is 13.0. The summed E-state index contributed by atoms with van der Waals surface area (Å²) < 4.78 is 0. The second kappa shape index (κ2) is 6.53. The number of piperidine rings is 1. The lowest BCUT2D eigenvalue weighted by molar-refractivity contribution is -0.137. The number of hydrogen-bond donors (Lipinski definition) is 1. The van der Waals surface area contributed by atoms with Crippen molar-refractivity contribution < 1.29 is 4.79 Å². The predicted molar refractivity (Wildman–Crippen MR) is 73.5 cm³/mol. The van der Waals surface area contributed by atoms with Crippen molar-refractivity contribution in [3.63, 3.8) is 0 Å². The van der Waals surface area contributed by atoms with Crippen LogP contribution in [0.25, 0.3) is 0 Å². The smallest absolute Gasteiger partial charge is 0.236 e. The Morgan fingerprint density at radius 3 is 2.94 bits per heavy atom. The molecule has 2 heterocycles. The van der Waals surface area contributed by atoms with Crippen LogP contribution in [0.2, 0.25) is 0 Å². The largest absolute Gasteiger partial charge is 0.336 e. The van der Waals surface area contributed by atoms with E-state index >= 15 is 0 Å². The van der Waals surface area contributed by atoms with Gasteiger partial charge in [0.2, 0.25) is 5.91 Å². The van der Waals surface area contributed by atoms with E-state index in [2.05, 4.69) is 29.0 Å². The highest BCUT2D eigenvalue weighted by Crippen LogP contribution is 2.23. The summed E-state index contributed by atoms with van der Waals surface area (Å²) in [4.78, 5) is 16.9. The van der Waals surface area contributed by atoms with Crippen molar-refractivity contribution in [3.8, 4) is 0 Å². The Kier molecular flexibility index (Phi) is 5.01. The van der Waals surface area contributed by atoms with E-state index < -0.39 is 0 Å². The first-order valence-electron chi connectivity index (χ1n) is 7.46. The van der Waals surface area contributed by atoms with E-state index in [9.17, 15) is 4.79 Å². The molecule has 104 valence electrons. The van der Waals surface area contributed by atoms with Crippen LogP contribution < -0.4 is 5.32 Å². The lowest BCUT2D eigenvalue weighted by Crippen LogP contribution is -2.61. The zero-order valence-electron chi connectivity index (χ0n) is 11.8. The number of rotatable bonds is 4. The Bertz CT molecular complexity index is 282. The molecule has 0 aromatic rings. The topological polar surface area (TPSA) is 35.6 Å². The summed E-state index contributed by atoms with van der Waals surface area (Å²) in [7, 11) is 0. The number of carbonyl (C=O) groups excluding carboxylic acids is 1. The summed E-state index contributed by atoms with van der Waals surface area (Å²) in [5.74, 6) is 0.279. The molecule has 2 fully saturated rings. The van der Waals surface area contributed by atoms with Crippen molar-refractivity contribution in [2.24, 2.45) is 0 Å². The predicted octanol–water partition coefficient (Wildman–Crippen LogP) is 1.07. The minimum atomic E-state index is 0.279. The van der Waals surface area contributed by atoms with Gasteiger partial charge < -0.3 is 10.2 Å². The molecule has 2 rings (SSSR count). The van der Waals surface area contributed by atoms with E-state index in [-0.39, 0.29) is 5.91 Å². The molecule has 0 spiro atoms. The van der Waals surface area contributed by atoms with Gasteiger partial charge in [0, 0.05) is 25.2 Å². The highest BCUT2D eigenvalue weighted by Gasteiger charge is 2.34. The molecule has 4 heteroatoms. The third-order valence-electron chi connectivity index (χ3n) is 4.21. The van der Waals surface area contributed by atoms with Crippen LogP contribution in [-0.2, 0) is 4.79 Å². The summed E-state index contributed by atoms with van der Waals surface area (Å²) in [6.45, 7) is 8.97. The molecule has 0 bridgehead atoms. The number of carbonyl (C=O) groups is 1. The second-order valence-corrected chi connectivity index (χ2v) is 5.72. The molecule has 0 aromatic heterocycles. The first kappa shape index (κ1) is 13.8. The maximum Gasteiger partial charge on any atom is 0.236 e. The molecule has 2 unspecified atom stereocenters. The van der Waals surface area contributed by atoms with Gasteiger partial charge in [0.15, 0.2) is 0 Å². The van der Waals surface area contributed by atoms with Crippen LogP contribution in [0.5, 0.6) is 0 Å². The molecule has 1 N–H and O–H groups in total. The van der Waals surface area contributed by atoms with Gasteiger partial charge in [0.05, 0.1) is 6.54 Å². The van der Waals surface area contributed by atoms with Gasteiger partial charge in [-0.1, -0.05) is 13.3 Å². The van der Waals surface area contributed by atoms with Gasteiger partial charge >= 0.3 is 0 Å². The summed E-state index contributed by atoms with van der Waals surface area (Å²) in [6, 6.07) is 0.986. The van der Waals surface area contributed by atoms with Crippen molar-refractivity contribution in [1.82, 2.24) is 15.1 Å². The van der Waals surface area contributed by atoms with Crippen LogP contribution in [0.15, 0.2) is 0 Å². The van der Waals surface area contributed by atoms with Gasteiger partial charge in [-0.15, -0.1) is 0 Å². The SMILES string of the molecule is CCCNCC(=O)N1CC2CCCCN2CC1C. The Morgan fingerprint density at radius 2 is 2.17 bits per heavy atom. The van der Waals surface area contributed by atoms with Gasteiger partial charge in [-0.25, -0.2) is 0 Å². The number of piperazine rings is 1. The van der Waals surface area contributed by atoms with E-state index in [0.29, 0.717) is 18.6 Å². The molecule has 18 heavy (non-hydrogen) atoms. The van der Waals surface area contributed by atoms with Crippen LogP contribution in [0, 0.1) is 0 Å². The van der Waals surface area contributed by atoms with E-state index in [1.807, 2.05) is 0 Å². The summed E-state index contributed by atoms with van der Waals surface area (Å²) in [5, 5.41) is 3.22. The lowest BCUT2D eigenvalue weighted by Gasteiger charge is -2.47. The maximum atomic E-state index is 12.2. The summed E-state index contributed by atoms with van der Waals surface area (Å²) in [5.41, 5.74) is 0. The average molecular weight is 253 g/mol. The first-order chi connectivity index (χ1) is 8.72. The van der Waals surface area contributed by atoms with Gasteiger partial charge in [-0.3, -0.25) is 9.69 Å². The fourth-order valence-corrected chi connectivity index (χ4v) is 3.17. The minimum absolute atomic E-state index is 0.279. The van der Waals surface area contributed by atoms with E-state index in [0.717, 1.165) is 26.1 Å². The minimum Gasteiger partial charge on any atom is -0.336 e. The standard InChI is InChI=1S/C14H27N3O/c1-3-7-15-9-14(18)17-11-13-6-4-5-8-16(13)10-12(17)2/h12-13,15H,3-11H2,1-2H3. The van der Waals surface area contributed by atoms with Crippen LogP contribution in [0.3, 0.4) is 0 Å².